The number of ether oxygens (including phenoxy) is 3. The van der Waals surface area contributed by atoms with Gasteiger partial charge in [0.1, 0.15) is 13.2 Å². The van der Waals surface area contributed by atoms with Gasteiger partial charge in [0.05, 0.1) is 0 Å². The van der Waals surface area contributed by atoms with Crippen molar-refractivity contribution < 1.29 is 28.6 Å². The van der Waals surface area contributed by atoms with E-state index in [2.05, 4.69) is 27.7 Å². The molecule has 0 bridgehead atoms. The third-order valence-corrected chi connectivity index (χ3v) is 14.8. The Labute approximate surface area is 438 Å². The van der Waals surface area contributed by atoms with Gasteiger partial charge in [0.2, 0.25) is 0 Å². The summed E-state index contributed by atoms with van der Waals surface area (Å²) in [6, 6.07) is 0. The van der Waals surface area contributed by atoms with Crippen LogP contribution in [0.4, 0.5) is 0 Å². The first kappa shape index (κ1) is 68.4. The van der Waals surface area contributed by atoms with Gasteiger partial charge in [-0.15, -0.1) is 0 Å². The normalized spacial score (nSPS) is 12.0. The van der Waals surface area contributed by atoms with Crippen LogP contribution in [0.15, 0.2) is 0 Å². The number of carbonyl (C=O) groups is 3. The summed E-state index contributed by atoms with van der Waals surface area (Å²) in [5.41, 5.74) is 0. The molecular formula is C64H124O6. The molecule has 0 amide bonds. The summed E-state index contributed by atoms with van der Waals surface area (Å²) in [4.78, 5) is 38.3. The van der Waals surface area contributed by atoms with Crippen LogP contribution in [0.2, 0.25) is 0 Å². The van der Waals surface area contributed by atoms with Crippen molar-refractivity contribution in [2.24, 2.45) is 5.92 Å². The van der Waals surface area contributed by atoms with Crippen LogP contribution in [0, 0.1) is 5.92 Å². The molecule has 0 saturated carbocycles. The molecule has 6 nitrogen and oxygen atoms in total. The molecule has 0 spiro atoms. The first-order valence-electron chi connectivity index (χ1n) is 31.9. The molecule has 0 heterocycles. The SMILES string of the molecule is CCCCCCCCCCCCCCCCCCCCC(=O)OC[C@H](COC(=O)CCCCCCCCCCCCCCCCCCC(C)C)OC(=O)CCCCCCCCCCCCCCCCC. The van der Waals surface area contributed by atoms with Crippen LogP contribution in [0.3, 0.4) is 0 Å². The van der Waals surface area contributed by atoms with Gasteiger partial charge in [0.15, 0.2) is 6.10 Å². The van der Waals surface area contributed by atoms with Crippen LogP contribution >= 0.6 is 0 Å². The van der Waals surface area contributed by atoms with Gasteiger partial charge in [-0.1, -0.05) is 329 Å². The van der Waals surface area contributed by atoms with Crippen LogP contribution in [0.25, 0.3) is 0 Å². The number of carbonyl (C=O) groups excluding carboxylic acids is 3. The average molecular weight is 990 g/mol. The van der Waals surface area contributed by atoms with Crippen molar-refractivity contribution >= 4 is 17.9 Å². The minimum Gasteiger partial charge on any atom is -0.462 e. The predicted octanol–water partition coefficient (Wildman–Crippen LogP) is 21.4. The van der Waals surface area contributed by atoms with Crippen molar-refractivity contribution in [1.29, 1.82) is 0 Å². The van der Waals surface area contributed by atoms with E-state index >= 15 is 0 Å². The van der Waals surface area contributed by atoms with Crippen molar-refractivity contribution in [3.8, 4) is 0 Å². The lowest BCUT2D eigenvalue weighted by atomic mass is 10.0. The Bertz CT molecular complexity index is 1060. The molecular weight excluding hydrogens is 865 g/mol. The van der Waals surface area contributed by atoms with Gasteiger partial charge in [-0.05, 0) is 25.2 Å². The van der Waals surface area contributed by atoms with Gasteiger partial charge in [-0.3, -0.25) is 14.4 Å². The van der Waals surface area contributed by atoms with E-state index in [9.17, 15) is 14.4 Å². The zero-order valence-corrected chi connectivity index (χ0v) is 48.0. The highest BCUT2D eigenvalue weighted by Crippen LogP contribution is 2.19. The molecule has 0 aromatic rings. The highest BCUT2D eigenvalue weighted by Gasteiger charge is 2.19. The molecule has 0 aliphatic carbocycles. The number of esters is 3. The second kappa shape index (κ2) is 58.3. The van der Waals surface area contributed by atoms with Gasteiger partial charge < -0.3 is 14.2 Å². The molecule has 70 heavy (non-hydrogen) atoms. The minimum atomic E-state index is -0.763. The van der Waals surface area contributed by atoms with E-state index in [0.29, 0.717) is 19.3 Å². The highest BCUT2D eigenvalue weighted by molar-refractivity contribution is 5.71. The van der Waals surface area contributed by atoms with Gasteiger partial charge >= 0.3 is 17.9 Å². The van der Waals surface area contributed by atoms with E-state index in [4.69, 9.17) is 14.2 Å². The Kier molecular flexibility index (Phi) is 57.0. The predicted molar refractivity (Wildman–Crippen MR) is 303 cm³/mol. The topological polar surface area (TPSA) is 78.9 Å². The van der Waals surface area contributed by atoms with Crippen molar-refractivity contribution in [3.05, 3.63) is 0 Å². The fourth-order valence-corrected chi connectivity index (χ4v) is 9.99. The van der Waals surface area contributed by atoms with Crippen LogP contribution in [-0.4, -0.2) is 37.2 Å². The Balaban J connectivity index is 4.27. The lowest BCUT2D eigenvalue weighted by Gasteiger charge is -2.18. The van der Waals surface area contributed by atoms with Crippen molar-refractivity contribution in [1.82, 2.24) is 0 Å². The maximum Gasteiger partial charge on any atom is 0.306 e. The zero-order valence-electron chi connectivity index (χ0n) is 48.0. The average Bonchev–Trinajstić information content (AvgIpc) is 3.35. The van der Waals surface area contributed by atoms with Crippen LogP contribution in [0.1, 0.15) is 368 Å². The second-order valence-electron chi connectivity index (χ2n) is 22.5. The first-order chi connectivity index (χ1) is 34.4. The molecule has 0 unspecified atom stereocenters. The number of unbranched alkanes of at least 4 members (excludes halogenated alkanes) is 46. The number of hydrogen-bond donors (Lipinski definition) is 0. The Hall–Kier alpha value is -1.59. The van der Waals surface area contributed by atoms with E-state index in [-0.39, 0.29) is 31.1 Å². The van der Waals surface area contributed by atoms with E-state index in [1.807, 2.05) is 0 Å². The standard InChI is InChI=1S/C64H124O6/c1-5-7-9-11-13-15-17-19-21-22-23-28-31-35-39-43-47-51-55-62(65)68-58-61(70-64(67)57-53-49-45-41-37-33-26-20-18-16-14-12-10-8-6-2)59-69-63(66)56-52-48-44-40-36-32-29-25-24-27-30-34-38-42-46-50-54-60(3)4/h60-61H,5-59H2,1-4H3/t61-/m1/s1. The highest BCUT2D eigenvalue weighted by atomic mass is 16.6. The van der Waals surface area contributed by atoms with E-state index in [1.165, 1.54) is 263 Å². The molecule has 1 atom stereocenters. The lowest BCUT2D eigenvalue weighted by molar-refractivity contribution is -0.167. The van der Waals surface area contributed by atoms with Crippen LogP contribution in [-0.2, 0) is 28.6 Å². The lowest BCUT2D eigenvalue weighted by Crippen LogP contribution is -2.30. The number of rotatable bonds is 59. The smallest absolute Gasteiger partial charge is 0.306 e. The van der Waals surface area contributed by atoms with Crippen molar-refractivity contribution in [2.75, 3.05) is 13.2 Å². The molecule has 0 rings (SSSR count). The fourth-order valence-electron chi connectivity index (χ4n) is 9.99. The molecule has 0 N–H and O–H groups in total. The molecule has 0 aromatic heterocycles. The molecule has 0 radical (unpaired) electrons. The molecule has 0 aliphatic rings. The van der Waals surface area contributed by atoms with Gasteiger partial charge in [0.25, 0.3) is 0 Å². The van der Waals surface area contributed by atoms with E-state index in [0.717, 1.165) is 63.7 Å². The van der Waals surface area contributed by atoms with Gasteiger partial charge in [-0.2, -0.15) is 0 Å². The Morgan fingerprint density at radius 2 is 0.471 bits per heavy atom. The summed E-state index contributed by atoms with van der Waals surface area (Å²) in [5, 5.41) is 0. The van der Waals surface area contributed by atoms with Crippen molar-refractivity contribution in [3.63, 3.8) is 0 Å². The molecule has 0 aliphatic heterocycles. The van der Waals surface area contributed by atoms with Crippen LogP contribution in [0.5, 0.6) is 0 Å². The van der Waals surface area contributed by atoms with E-state index in [1.54, 1.807) is 0 Å². The molecule has 0 fully saturated rings. The minimum absolute atomic E-state index is 0.0611. The largest absolute Gasteiger partial charge is 0.462 e. The molecule has 416 valence electrons. The first-order valence-corrected chi connectivity index (χ1v) is 31.9. The van der Waals surface area contributed by atoms with Gasteiger partial charge in [0, 0.05) is 19.3 Å². The third kappa shape index (κ3) is 57.3. The molecule has 0 aromatic carbocycles. The third-order valence-electron chi connectivity index (χ3n) is 14.8. The summed E-state index contributed by atoms with van der Waals surface area (Å²) in [6.45, 7) is 9.10. The fraction of sp³-hybridized carbons (Fsp3) is 0.953. The zero-order chi connectivity index (χ0) is 50.9. The summed E-state index contributed by atoms with van der Waals surface area (Å²) < 4.78 is 17.0. The number of hydrogen-bond acceptors (Lipinski definition) is 6. The van der Waals surface area contributed by atoms with E-state index < -0.39 is 6.10 Å². The summed E-state index contributed by atoms with van der Waals surface area (Å²) >= 11 is 0. The Morgan fingerprint density at radius 1 is 0.271 bits per heavy atom. The summed E-state index contributed by atoms with van der Waals surface area (Å²) in [6.07, 6.45) is 65.3. The van der Waals surface area contributed by atoms with Gasteiger partial charge in [-0.25, -0.2) is 0 Å². The maximum absolute atomic E-state index is 12.9. The summed E-state index contributed by atoms with van der Waals surface area (Å²) in [7, 11) is 0. The molecule has 6 heteroatoms. The molecule has 0 saturated heterocycles. The maximum atomic E-state index is 12.9. The quantitative estimate of drug-likeness (QED) is 0.0343. The van der Waals surface area contributed by atoms with Crippen molar-refractivity contribution in [2.45, 2.75) is 374 Å². The monoisotopic (exact) mass is 989 g/mol. The Morgan fingerprint density at radius 3 is 0.700 bits per heavy atom. The van der Waals surface area contributed by atoms with Crippen LogP contribution < -0.4 is 0 Å². The second-order valence-corrected chi connectivity index (χ2v) is 22.5. The summed E-state index contributed by atoms with van der Waals surface area (Å²) in [5.74, 6) is 0.0258.